The predicted octanol–water partition coefficient (Wildman–Crippen LogP) is 5.45. The molecule has 0 amide bonds. The van der Waals surface area contributed by atoms with Gasteiger partial charge in [0.15, 0.2) is 0 Å². The first-order chi connectivity index (χ1) is 10.0. The van der Waals surface area contributed by atoms with Gasteiger partial charge in [0.2, 0.25) is 0 Å². The van der Waals surface area contributed by atoms with Gasteiger partial charge in [-0.3, -0.25) is 0 Å². The third-order valence-electron chi connectivity index (χ3n) is 2.51. The molecule has 0 bridgehead atoms. The molecule has 2 rings (SSSR count). The van der Waals surface area contributed by atoms with E-state index in [1.165, 1.54) is 12.1 Å². The Hall–Kier alpha value is -1.34. The third kappa shape index (κ3) is 5.17. The van der Waals surface area contributed by atoms with Crippen molar-refractivity contribution in [2.24, 2.45) is 0 Å². The molecule has 0 fully saturated rings. The second-order valence-electron chi connectivity index (χ2n) is 4.04. The fraction of sp³-hybridized carbons (Fsp3) is 0.143. The zero-order valence-electron chi connectivity index (χ0n) is 10.7. The number of halogens is 4. The molecule has 0 aliphatic carbocycles. The van der Waals surface area contributed by atoms with Crippen LogP contribution < -0.4 is 9.46 Å². The highest BCUT2D eigenvalue weighted by Crippen LogP contribution is 2.32. The lowest BCUT2D eigenvalue weighted by Crippen LogP contribution is -2.00. The molecule has 2 aromatic carbocycles. The van der Waals surface area contributed by atoms with Gasteiger partial charge >= 0.3 is 5.76 Å². The second kappa shape index (κ2) is 7.61. The fourth-order valence-electron chi connectivity index (χ4n) is 1.55. The summed E-state index contributed by atoms with van der Waals surface area (Å²) in [5.74, 6) is -2.42. The van der Waals surface area contributed by atoms with Crippen LogP contribution in [0, 0.1) is 5.82 Å². The highest BCUT2D eigenvalue weighted by Gasteiger charge is 2.09. The number of rotatable bonds is 6. The number of alkyl halides is 2. The summed E-state index contributed by atoms with van der Waals surface area (Å²) in [4.78, 5) is 0. The van der Waals surface area contributed by atoms with Crippen molar-refractivity contribution in [3.8, 4) is 5.75 Å². The lowest BCUT2D eigenvalue weighted by atomic mass is 10.2. The Bertz CT molecular complexity index is 595. The summed E-state index contributed by atoms with van der Waals surface area (Å²) in [6, 6.07) is 10.9. The molecule has 0 aliphatic heterocycles. The van der Waals surface area contributed by atoms with Crippen molar-refractivity contribution in [1.29, 1.82) is 0 Å². The van der Waals surface area contributed by atoms with Crippen molar-refractivity contribution in [3.05, 3.63) is 58.3 Å². The fourth-order valence-corrected chi connectivity index (χ4v) is 2.27. The zero-order valence-corrected chi connectivity index (χ0v) is 13.1. The van der Waals surface area contributed by atoms with Crippen LogP contribution in [0.4, 0.5) is 18.9 Å². The first kappa shape index (κ1) is 16.0. The van der Waals surface area contributed by atoms with Gasteiger partial charge in [0.1, 0.15) is 18.2 Å². The van der Waals surface area contributed by atoms with E-state index in [9.17, 15) is 13.2 Å². The molecule has 21 heavy (non-hydrogen) atoms. The number of hydrogen-bond donors (Lipinski definition) is 1. The lowest BCUT2D eigenvalue weighted by Gasteiger charge is -2.13. The third-order valence-corrected chi connectivity index (χ3v) is 3.52. The maximum Gasteiger partial charge on any atom is 0.302 e. The highest BCUT2D eigenvalue weighted by atomic mass is 79.9. The maximum absolute atomic E-state index is 12.8. The Morgan fingerprint density at radius 1 is 1.14 bits per heavy atom. The van der Waals surface area contributed by atoms with Crippen LogP contribution in [-0.2, 0) is 6.61 Å². The van der Waals surface area contributed by atoms with E-state index >= 15 is 0 Å². The Kier molecular flexibility index (Phi) is 5.81. The van der Waals surface area contributed by atoms with Crippen molar-refractivity contribution in [2.45, 2.75) is 12.4 Å². The molecule has 2 nitrogen and oxygen atoms in total. The molecule has 2 aromatic rings. The maximum atomic E-state index is 12.8. The number of ether oxygens (including phenoxy) is 1. The van der Waals surface area contributed by atoms with Gasteiger partial charge < -0.3 is 9.46 Å². The van der Waals surface area contributed by atoms with Crippen LogP contribution in [-0.4, -0.2) is 5.76 Å². The number of benzene rings is 2. The number of anilines is 1. The Labute approximate surface area is 133 Å². The van der Waals surface area contributed by atoms with Crippen molar-refractivity contribution < 1.29 is 17.9 Å². The summed E-state index contributed by atoms with van der Waals surface area (Å²) < 4.78 is 46.2. The van der Waals surface area contributed by atoms with Crippen molar-refractivity contribution in [2.75, 3.05) is 4.72 Å². The first-order valence-electron chi connectivity index (χ1n) is 5.91. The minimum absolute atomic E-state index is 0.213. The average Bonchev–Trinajstić information content (AvgIpc) is 2.45. The van der Waals surface area contributed by atoms with Crippen LogP contribution >= 0.6 is 27.9 Å². The SMILES string of the molecule is Fc1ccc(COc2cc(Br)ccc2NSC(F)F)cc1. The average molecular weight is 378 g/mol. The summed E-state index contributed by atoms with van der Waals surface area (Å²) >= 11 is 3.60. The van der Waals surface area contributed by atoms with Gasteiger partial charge in [-0.15, -0.1) is 0 Å². The number of hydrogen-bond acceptors (Lipinski definition) is 3. The van der Waals surface area contributed by atoms with Crippen LogP contribution in [0.3, 0.4) is 0 Å². The molecule has 0 atom stereocenters. The zero-order chi connectivity index (χ0) is 15.2. The molecule has 0 aliphatic rings. The summed E-state index contributed by atoms with van der Waals surface area (Å²) in [6.07, 6.45) is 0. The van der Waals surface area contributed by atoms with E-state index in [2.05, 4.69) is 20.7 Å². The van der Waals surface area contributed by atoms with Gasteiger partial charge in [-0.25, -0.2) is 4.39 Å². The molecule has 0 radical (unpaired) electrons. The summed E-state index contributed by atoms with van der Waals surface area (Å²) in [6.45, 7) is 0.213. The van der Waals surface area contributed by atoms with E-state index in [0.29, 0.717) is 23.4 Å². The molecule has 7 heteroatoms. The molecule has 0 unspecified atom stereocenters. The standard InChI is InChI=1S/C14H11BrF3NOS/c15-10-3-6-12(19-21-14(17)18)13(7-10)20-8-9-1-4-11(16)5-2-9/h1-7,14,19H,8H2. The molecule has 112 valence electrons. The topological polar surface area (TPSA) is 21.3 Å². The van der Waals surface area contributed by atoms with E-state index in [1.54, 1.807) is 30.3 Å². The molecule has 0 heterocycles. The van der Waals surface area contributed by atoms with Crippen molar-refractivity contribution in [1.82, 2.24) is 0 Å². The van der Waals surface area contributed by atoms with Crippen LogP contribution in [0.5, 0.6) is 5.75 Å². The Morgan fingerprint density at radius 3 is 2.52 bits per heavy atom. The van der Waals surface area contributed by atoms with Crippen LogP contribution in [0.2, 0.25) is 0 Å². The van der Waals surface area contributed by atoms with Crippen molar-refractivity contribution >= 4 is 33.6 Å². The largest absolute Gasteiger partial charge is 0.487 e. The smallest absolute Gasteiger partial charge is 0.302 e. The van der Waals surface area contributed by atoms with E-state index in [0.717, 1.165) is 10.0 Å². The molecular weight excluding hydrogens is 367 g/mol. The minimum Gasteiger partial charge on any atom is -0.487 e. The number of nitrogens with one attached hydrogen (secondary N) is 1. The molecule has 0 spiro atoms. The predicted molar refractivity (Wildman–Crippen MR) is 82.1 cm³/mol. The van der Waals surface area contributed by atoms with Crippen molar-refractivity contribution in [3.63, 3.8) is 0 Å². The first-order valence-corrected chi connectivity index (χ1v) is 7.58. The molecule has 0 saturated carbocycles. The van der Waals surface area contributed by atoms with Gasteiger partial charge in [-0.2, -0.15) is 8.78 Å². The summed E-state index contributed by atoms with van der Waals surface area (Å²) in [5.41, 5.74) is 1.23. The molecule has 0 saturated heterocycles. The normalized spacial score (nSPS) is 10.7. The Balaban J connectivity index is 2.06. The van der Waals surface area contributed by atoms with Gasteiger partial charge in [-0.05, 0) is 35.9 Å². The Morgan fingerprint density at radius 2 is 1.86 bits per heavy atom. The van der Waals surface area contributed by atoms with Gasteiger partial charge in [0.25, 0.3) is 0 Å². The minimum atomic E-state index is -2.53. The summed E-state index contributed by atoms with van der Waals surface area (Å²) in [5, 5.41) is 0. The summed E-state index contributed by atoms with van der Waals surface area (Å²) in [7, 11) is 0. The second-order valence-corrected chi connectivity index (χ2v) is 5.75. The molecule has 0 aromatic heterocycles. The molecule has 1 N–H and O–H groups in total. The van der Waals surface area contributed by atoms with Gasteiger partial charge in [-0.1, -0.05) is 28.1 Å². The van der Waals surface area contributed by atoms with E-state index < -0.39 is 5.76 Å². The van der Waals surface area contributed by atoms with E-state index in [1.807, 2.05) is 0 Å². The lowest BCUT2D eigenvalue weighted by molar-refractivity contribution is 0.252. The van der Waals surface area contributed by atoms with E-state index in [4.69, 9.17) is 4.74 Å². The monoisotopic (exact) mass is 377 g/mol. The van der Waals surface area contributed by atoms with Crippen LogP contribution in [0.15, 0.2) is 46.9 Å². The van der Waals surface area contributed by atoms with Gasteiger partial charge in [0.05, 0.1) is 5.69 Å². The van der Waals surface area contributed by atoms with Crippen LogP contribution in [0.1, 0.15) is 5.56 Å². The van der Waals surface area contributed by atoms with Gasteiger partial charge in [0, 0.05) is 16.4 Å². The quantitative estimate of drug-likeness (QED) is 0.676. The van der Waals surface area contributed by atoms with Crippen LogP contribution in [0.25, 0.3) is 0 Å². The van der Waals surface area contributed by atoms with E-state index in [-0.39, 0.29) is 12.4 Å². The highest BCUT2D eigenvalue weighted by molar-refractivity contribution is 9.10. The molecular formula is C14H11BrF3NOS.